The molecule has 0 atom stereocenters. The molecule has 1 aliphatic rings. The minimum Gasteiger partial charge on any atom is -0.326 e. The molecule has 0 unspecified atom stereocenters. The van der Waals surface area contributed by atoms with Crippen molar-refractivity contribution in [2.24, 2.45) is 5.92 Å². The van der Waals surface area contributed by atoms with E-state index in [1.54, 1.807) is 0 Å². The Labute approximate surface area is 129 Å². The van der Waals surface area contributed by atoms with Gasteiger partial charge in [0, 0.05) is 16.6 Å². The fourth-order valence-corrected chi connectivity index (χ4v) is 2.69. The summed E-state index contributed by atoms with van der Waals surface area (Å²) in [5, 5.41) is 6.28. The van der Waals surface area contributed by atoms with Gasteiger partial charge in [-0.3, -0.25) is 4.79 Å². The third kappa shape index (κ3) is 5.93. The van der Waals surface area contributed by atoms with Crippen molar-refractivity contribution in [2.75, 3.05) is 18.4 Å². The number of carbonyl (C=O) groups excluding carboxylic acids is 1. The Kier molecular flexibility index (Phi) is 7.42. The lowest BCUT2D eigenvalue weighted by Crippen LogP contribution is -2.28. The molecule has 0 aliphatic carbocycles. The second kappa shape index (κ2) is 8.56. The Hall–Kier alpha value is -0.580. The zero-order valence-electron chi connectivity index (χ0n) is 10.8. The van der Waals surface area contributed by atoms with Crippen molar-refractivity contribution in [2.45, 2.75) is 25.7 Å². The first-order chi connectivity index (χ1) is 8.74. The van der Waals surface area contributed by atoms with E-state index in [1.807, 2.05) is 24.3 Å². The molecule has 1 heterocycles. The van der Waals surface area contributed by atoms with E-state index in [0.717, 1.165) is 29.7 Å². The maximum Gasteiger partial charge on any atom is 0.224 e. The van der Waals surface area contributed by atoms with Crippen LogP contribution in [0.4, 0.5) is 5.69 Å². The third-order valence-corrected chi connectivity index (χ3v) is 3.84. The number of hydrogen-bond acceptors (Lipinski definition) is 2. The summed E-state index contributed by atoms with van der Waals surface area (Å²) >= 11 is 3.40. The topological polar surface area (TPSA) is 41.1 Å². The van der Waals surface area contributed by atoms with E-state index in [4.69, 9.17) is 0 Å². The van der Waals surface area contributed by atoms with Gasteiger partial charge >= 0.3 is 0 Å². The van der Waals surface area contributed by atoms with Crippen LogP contribution >= 0.6 is 28.3 Å². The number of benzene rings is 1. The fraction of sp³-hybridized carbons (Fsp3) is 0.500. The average molecular weight is 348 g/mol. The van der Waals surface area contributed by atoms with Gasteiger partial charge in [-0.1, -0.05) is 22.0 Å². The van der Waals surface area contributed by atoms with Crippen molar-refractivity contribution in [1.29, 1.82) is 0 Å². The number of carbonyl (C=O) groups is 1. The van der Waals surface area contributed by atoms with Crippen LogP contribution in [0.5, 0.6) is 0 Å². The molecule has 1 amide bonds. The van der Waals surface area contributed by atoms with E-state index in [-0.39, 0.29) is 18.3 Å². The van der Waals surface area contributed by atoms with Gasteiger partial charge in [0.2, 0.25) is 5.91 Å². The van der Waals surface area contributed by atoms with Gasteiger partial charge < -0.3 is 10.6 Å². The van der Waals surface area contributed by atoms with Crippen molar-refractivity contribution < 1.29 is 4.79 Å². The van der Waals surface area contributed by atoms with Crippen LogP contribution in [0, 0.1) is 5.92 Å². The van der Waals surface area contributed by atoms with E-state index in [9.17, 15) is 4.79 Å². The maximum atomic E-state index is 11.8. The van der Waals surface area contributed by atoms with E-state index in [2.05, 4.69) is 26.6 Å². The Bertz CT molecular complexity index is 408. The largest absolute Gasteiger partial charge is 0.326 e. The first kappa shape index (κ1) is 16.5. The molecule has 1 aromatic carbocycles. The summed E-state index contributed by atoms with van der Waals surface area (Å²) in [6.45, 7) is 2.19. The maximum absolute atomic E-state index is 11.8. The van der Waals surface area contributed by atoms with Gasteiger partial charge in [0.05, 0.1) is 0 Å². The monoisotopic (exact) mass is 346 g/mol. The van der Waals surface area contributed by atoms with Crippen molar-refractivity contribution >= 4 is 39.9 Å². The minimum atomic E-state index is 0. The second-order valence-corrected chi connectivity index (χ2v) is 5.71. The van der Waals surface area contributed by atoms with Crippen LogP contribution in [0.1, 0.15) is 25.7 Å². The molecule has 0 radical (unpaired) electrons. The molecule has 3 nitrogen and oxygen atoms in total. The zero-order chi connectivity index (χ0) is 12.8. The molecule has 0 aromatic heterocycles. The van der Waals surface area contributed by atoms with E-state index in [0.29, 0.717) is 12.3 Å². The lowest BCUT2D eigenvalue weighted by Gasteiger charge is -2.22. The molecule has 19 heavy (non-hydrogen) atoms. The molecule has 1 saturated heterocycles. The molecule has 1 fully saturated rings. The van der Waals surface area contributed by atoms with Gasteiger partial charge in [-0.25, -0.2) is 0 Å². The molecule has 5 heteroatoms. The number of hydrogen-bond donors (Lipinski definition) is 2. The number of anilines is 1. The zero-order valence-corrected chi connectivity index (χ0v) is 13.2. The lowest BCUT2D eigenvalue weighted by atomic mass is 9.93. The van der Waals surface area contributed by atoms with E-state index < -0.39 is 0 Å². The summed E-state index contributed by atoms with van der Waals surface area (Å²) in [6.07, 6.45) is 4.02. The third-order valence-electron chi connectivity index (χ3n) is 3.35. The van der Waals surface area contributed by atoms with Crippen LogP contribution in [0.3, 0.4) is 0 Å². The van der Waals surface area contributed by atoms with E-state index >= 15 is 0 Å². The Balaban J connectivity index is 0.00000180. The number of amides is 1. The van der Waals surface area contributed by atoms with Crippen LogP contribution in [-0.2, 0) is 4.79 Å². The van der Waals surface area contributed by atoms with Gasteiger partial charge in [0.15, 0.2) is 0 Å². The second-order valence-electron chi connectivity index (χ2n) is 4.79. The van der Waals surface area contributed by atoms with Crippen LogP contribution in [-0.4, -0.2) is 19.0 Å². The number of nitrogens with one attached hydrogen (secondary N) is 2. The summed E-state index contributed by atoms with van der Waals surface area (Å²) < 4.78 is 0.985. The summed E-state index contributed by atoms with van der Waals surface area (Å²) in [5.41, 5.74) is 0.861. The van der Waals surface area contributed by atoms with Gasteiger partial charge in [-0.15, -0.1) is 12.4 Å². The number of piperidine rings is 1. The van der Waals surface area contributed by atoms with Crippen LogP contribution in [0.25, 0.3) is 0 Å². The molecule has 2 N–H and O–H groups in total. The van der Waals surface area contributed by atoms with Gasteiger partial charge in [0.1, 0.15) is 0 Å². The molecule has 0 spiro atoms. The van der Waals surface area contributed by atoms with Crippen molar-refractivity contribution in [3.05, 3.63) is 28.7 Å². The summed E-state index contributed by atoms with van der Waals surface area (Å²) in [7, 11) is 0. The summed E-state index contributed by atoms with van der Waals surface area (Å²) in [4.78, 5) is 11.8. The highest BCUT2D eigenvalue weighted by Gasteiger charge is 2.14. The molecular formula is C14H20BrClN2O. The van der Waals surface area contributed by atoms with Crippen LogP contribution in [0.2, 0.25) is 0 Å². The molecule has 0 saturated carbocycles. The van der Waals surface area contributed by atoms with Crippen LogP contribution < -0.4 is 10.6 Å². The van der Waals surface area contributed by atoms with Crippen molar-refractivity contribution in [3.63, 3.8) is 0 Å². The molecule has 1 aromatic rings. The van der Waals surface area contributed by atoms with Gasteiger partial charge in [0.25, 0.3) is 0 Å². The first-order valence-electron chi connectivity index (χ1n) is 6.50. The number of halogens is 2. The normalized spacial score (nSPS) is 15.6. The predicted molar refractivity (Wildman–Crippen MR) is 84.8 cm³/mol. The molecule has 1 aliphatic heterocycles. The highest BCUT2D eigenvalue weighted by atomic mass is 79.9. The quantitative estimate of drug-likeness (QED) is 0.874. The molecule has 0 bridgehead atoms. The molecular weight excluding hydrogens is 328 g/mol. The highest BCUT2D eigenvalue weighted by Crippen LogP contribution is 2.19. The van der Waals surface area contributed by atoms with Crippen molar-refractivity contribution in [1.82, 2.24) is 5.32 Å². The Morgan fingerprint density at radius 2 is 2.11 bits per heavy atom. The Morgan fingerprint density at radius 3 is 2.79 bits per heavy atom. The number of rotatable bonds is 4. The molecule has 2 rings (SSSR count). The summed E-state index contributed by atoms with van der Waals surface area (Å²) in [5.74, 6) is 0.825. The van der Waals surface area contributed by atoms with Crippen molar-refractivity contribution in [3.8, 4) is 0 Å². The minimum absolute atomic E-state index is 0. The average Bonchev–Trinajstić information content (AvgIpc) is 2.38. The van der Waals surface area contributed by atoms with Gasteiger partial charge in [-0.2, -0.15) is 0 Å². The smallest absolute Gasteiger partial charge is 0.224 e. The lowest BCUT2D eigenvalue weighted by molar-refractivity contribution is -0.116. The first-order valence-corrected chi connectivity index (χ1v) is 7.29. The van der Waals surface area contributed by atoms with Crippen LogP contribution in [0.15, 0.2) is 28.7 Å². The fourth-order valence-electron chi connectivity index (χ4n) is 2.30. The molecule has 106 valence electrons. The highest BCUT2D eigenvalue weighted by molar-refractivity contribution is 9.10. The van der Waals surface area contributed by atoms with E-state index in [1.165, 1.54) is 12.8 Å². The van der Waals surface area contributed by atoms with Gasteiger partial charge in [-0.05, 0) is 56.5 Å². The predicted octanol–water partition coefficient (Wildman–Crippen LogP) is 3.59. The SMILES string of the molecule is Cl.O=C(CCC1CCNCC1)Nc1cccc(Br)c1. The Morgan fingerprint density at radius 1 is 1.37 bits per heavy atom. The standard InChI is InChI=1S/C14H19BrN2O.ClH/c15-12-2-1-3-13(10-12)17-14(18)5-4-11-6-8-16-9-7-11;/h1-3,10-11,16H,4-9H2,(H,17,18);1H. The summed E-state index contributed by atoms with van der Waals surface area (Å²) in [6, 6.07) is 7.70.